The molecule has 0 heterocycles. The van der Waals surface area contributed by atoms with Crippen LogP contribution in [0.4, 0.5) is 10.1 Å². The number of ether oxygens (including phenoxy) is 2. The molecule has 3 aromatic rings. The lowest BCUT2D eigenvalue weighted by Crippen LogP contribution is -2.30. The van der Waals surface area contributed by atoms with Gasteiger partial charge in [-0.1, -0.05) is 24.6 Å². The van der Waals surface area contributed by atoms with Crippen molar-refractivity contribution in [1.29, 1.82) is 0 Å². The maximum Gasteiger partial charge on any atom is 0.165 e. The Bertz CT molecular complexity index is 1260. The second kappa shape index (κ2) is 12.7. The Morgan fingerprint density at radius 3 is 2.64 bits per heavy atom. The molecule has 0 radical (unpaired) electrons. The van der Waals surface area contributed by atoms with E-state index in [1.165, 1.54) is 36.0 Å². The molecule has 6 heteroatoms. The van der Waals surface area contributed by atoms with Gasteiger partial charge in [0.1, 0.15) is 18.1 Å². The second-order valence-electron chi connectivity index (χ2n) is 10.9. The number of fused-ring (bicyclic) bond motifs is 1. The van der Waals surface area contributed by atoms with Crippen LogP contribution in [0.15, 0.2) is 54.6 Å². The van der Waals surface area contributed by atoms with E-state index in [1.807, 2.05) is 18.2 Å². The van der Waals surface area contributed by atoms with E-state index < -0.39 is 0 Å². The van der Waals surface area contributed by atoms with Crippen molar-refractivity contribution >= 4 is 5.69 Å². The van der Waals surface area contributed by atoms with Crippen molar-refractivity contribution in [2.24, 2.45) is 5.92 Å². The summed E-state index contributed by atoms with van der Waals surface area (Å²) in [5.74, 6) is 2.30. The number of nitrogens with one attached hydrogen (secondary N) is 1. The minimum atomic E-state index is -0.319. The average Bonchev–Trinajstić information content (AvgIpc) is 2.93. The number of methoxy groups -OCH3 is 1. The van der Waals surface area contributed by atoms with Gasteiger partial charge in [0.2, 0.25) is 0 Å². The average molecular weight is 533 g/mol. The van der Waals surface area contributed by atoms with Crippen LogP contribution in [0.25, 0.3) is 0 Å². The van der Waals surface area contributed by atoms with E-state index in [-0.39, 0.29) is 5.82 Å². The molecule has 39 heavy (non-hydrogen) atoms. The molecule has 1 saturated carbocycles. The van der Waals surface area contributed by atoms with Crippen LogP contribution in [0.5, 0.6) is 17.2 Å². The lowest BCUT2D eigenvalue weighted by Gasteiger charge is -2.32. The van der Waals surface area contributed by atoms with Crippen molar-refractivity contribution in [1.82, 2.24) is 5.32 Å². The normalized spacial score (nSPS) is 16.8. The summed E-state index contributed by atoms with van der Waals surface area (Å²) in [6.07, 6.45) is 6.86. The Balaban J connectivity index is 1.27. The number of aromatic hydroxyl groups is 1. The Morgan fingerprint density at radius 2 is 1.90 bits per heavy atom. The van der Waals surface area contributed by atoms with Crippen molar-refractivity contribution in [3.05, 3.63) is 82.7 Å². The van der Waals surface area contributed by atoms with E-state index >= 15 is 0 Å². The highest BCUT2D eigenvalue weighted by molar-refractivity contribution is 5.60. The highest BCUT2D eigenvalue weighted by Crippen LogP contribution is 2.40. The molecule has 3 aromatic carbocycles. The molecule has 5 rings (SSSR count). The standard InChI is InChI=1S/C33H41FN2O3/c1-3-36(22-24-7-14-33(31(34)17-24)39-16-15-35-21-23-5-4-6-23)32-20-29(38-2)12-13-30(32)27-9-8-26-19-28(37)11-10-25(26)18-27/h7,10-14,17,19-20,23,27,35,37H,3-6,8-9,15-16,18,21-22H2,1-2H3/t27-/m1/s1. The Hall–Kier alpha value is -3.25. The zero-order valence-corrected chi connectivity index (χ0v) is 23.2. The van der Waals surface area contributed by atoms with Crippen LogP contribution in [0, 0.1) is 11.7 Å². The number of anilines is 1. The maximum absolute atomic E-state index is 15.0. The topological polar surface area (TPSA) is 54.0 Å². The number of hydrogen-bond acceptors (Lipinski definition) is 5. The number of phenolic OH excluding ortho intramolecular Hbond substituents is 1. The van der Waals surface area contributed by atoms with E-state index in [1.54, 1.807) is 25.3 Å². The summed E-state index contributed by atoms with van der Waals surface area (Å²) < 4.78 is 26.3. The van der Waals surface area contributed by atoms with Crippen LogP contribution in [-0.2, 0) is 19.4 Å². The summed E-state index contributed by atoms with van der Waals surface area (Å²) >= 11 is 0. The summed E-state index contributed by atoms with van der Waals surface area (Å²) in [6.45, 7) is 5.72. The zero-order chi connectivity index (χ0) is 27.2. The van der Waals surface area contributed by atoms with Gasteiger partial charge < -0.3 is 24.8 Å². The summed E-state index contributed by atoms with van der Waals surface area (Å²) in [5, 5.41) is 13.3. The summed E-state index contributed by atoms with van der Waals surface area (Å²) in [6, 6.07) is 17.4. The monoisotopic (exact) mass is 532 g/mol. The Morgan fingerprint density at radius 1 is 1.03 bits per heavy atom. The molecule has 0 amide bonds. The quantitative estimate of drug-likeness (QED) is 0.257. The molecule has 0 spiro atoms. The van der Waals surface area contributed by atoms with E-state index in [4.69, 9.17) is 9.47 Å². The Kier molecular flexibility index (Phi) is 8.92. The molecule has 208 valence electrons. The van der Waals surface area contributed by atoms with Gasteiger partial charge in [0.05, 0.1) is 7.11 Å². The number of halogens is 1. The van der Waals surface area contributed by atoms with Gasteiger partial charge in [-0.05, 0) is 110 Å². The largest absolute Gasteiger partial charge is 0.508 e. The van der Waals surface area contributed by atoms with Crippen molar-refractivity contribution in [2.75, 3.05) is 38.3 Å². The van der Waals surface area contributed by atoms with Crippen LogP contribution >= 0.6 is 0 Å². The van der Waals surface area contributed by atoms with Gasteiger partial charge >= 0.3 is 0 Å². The molecule has 0 aliphatic heterocycles. The first-order valence-electron chi connectivity index (χ1n) is 14.4. The molecule has 2 N–H and O–H groups in total. The van der Waals surface area contributed by atoms with Gasteiger partial charge in [0.15, 0.2) is 11.6 Å². The third-order valence-corrected chi connectivity index (χ3v) is 8.38. The molecule has 2 aliphatic carbocycles. The first kappa shape index (κ1) is 27.3. The molecular weight excluding hydrogens is 491 g/mol. The number of benzene rings is 3. The molecule has 0 unspecified atom stereocenters. The molecule has 2 aliphatic rings. The summed E-state index contributed by atoms with van der Waals surface area (Å²) in [5.41, 5.74) is 5.85. The maximum atomic E-state index is 15.0. The van der Waals surface area contributed by atoms with Crippen LogP contribution in [0.2, 0.25) is 0 Å². The fourth-order valence-electron chi connectivity index (χ4n) is 5.86. The van der Waals surface area contributed by atoms with Crippen LogP contribution in [0.3, 0.4) is 0 Å². The number of rotatable bonds is 12. The molecule has 0 bridgehead atoms. The second-order valence-corrected chi connectivity index (χ2v) is 10.9. The van der Waals surface area contributed by atoms with Crippen LogP contribution < -0.4 is 19.7 Å². The lowest BCUT2D eigenvalue weighted by molar-refractivity contribution is 0.270. The predicted octanol–water partition coefficient (Wildman–Crippen LogP) is 6.61. The van der Waals surface area contributed by atoms with Gasteiger partial charge in [-0.3, -0.25) is 0 Å². The number of nitrogens with zero attached hydrogens (tertiary/aromatic N) is 1. The minimum absolute atomic E-state index is 0.307. The first-order valence-corrected chi connectivity index (χ1v) is 14.4. The third kappa shape index (κ3) is 6.67. The van der Waals surface area contributed by atoms with Gasteiger partial charge in [-0.25, -0.2) is 4.39 Å². The zero-order valence-electron chi connectivity index (χ0n) is 23.2. The molecule has 1 fully saturated rings. The van der Waals surface area contributed by atoms with Gasteiger partial charge in [-0.15, -0.1) is 0 Å². The third-order valence-electron chi connectivity index (χ3n) is 8.38. The smallest absolute Gasteiger partial charge is 0.165 e. The van der Waals surface area contributed by atoms with Crippen molar-refractivity contribution in [3.63, 3.8) is 0 Å². The van der Waals surface area contributed by atoms with E-state index in [0.29, 0.717) is 30.6 Å². The molecule has 0 saturated heterocycles. The van der Waals surface area contributed by atoms with Gasteiger partial charge in [0, 0.05) is 31.4 Å². The molecular formula is C33H41FN2O3. The first-order chi connectivity index (χ1) is 19.0. The molecule has 0 aromatic heterocycles. The highest BCUT2D eigenvalue weighted by atomic mass is 19.1. The van der Waals surface area contributed by atoms with Gasteiger partial charge in [0.25, 0.3) is 0 Å². The molecule has 1 atom stereocenters. The van der Waals surface area contributed by atoms with Crippen molar-refractivity contribution in [3.8, 4) is 17.2 Å². The van der Waals surface area contributed by atoms with Crippen LogP contribution in [0.1, 0.15) is 60.8 Å². The fraction of sp³-hybridized carbons (Fsp3) is 0.455. The van der Waals surface area contributed by atoms with E-state index in [2.05, 4.69) is 35.3 Å². The van der Waals surface area contributed by atoms with E-state index in [0.717, 1.165) is 61.8 Å². The summed E-state index contributed by atoms with van der Waals surface area (Å²) in [7, 11) is 1.69. The number of phenols is 1. The Labute approximate surface area is 232 Å². The minimum Gasteiger partial charge on any atom is -0.508 e. The number of hydrogen-bond donors (Lipinski definition) is 2. The lowest BCUT2D eigenvalue weighted by atomic mass is 9.79. The fourth-order valence-corrected chi connectivity index (χ4v) is 5.86. The summed E-state index contributed by atoms with van der Waals surface area (Å²) in [4.78, 5) is 2.30. The predicted molar refractivity (Wildman–Crippen MR) is 155 cm³/mol. The van der Waals surface area contributed by atoms with Crippen molar-refractivity contribution < 1.29 is 19.0 Å². The van der Waals surface area contributed by atoms with E-state index in [9.17, 15) is 9.50 Å². The SMILES string of the molecule is CCN(Cc1ccc(OCCNCC2CCC2)c(F)c1)c1cc(OC)ccc1[C@@H]1CCc2cc(O)ccc2C1. The molecule has 5 nitrogen and oxygen atoms in total. The number of aryl methyl sites for hydroxylation is 1. The highest BCUT2D eigenvalue weighted by Gasteiger charge is 2.25. The van der Waals surface area contributed by atoms with Crippen LogP contribution in [-0.4, -0.2) is 38.5 Å². The van der Waals surface area contributed by atoms with Gasteiger partial charge in [-0.2, -0.15) is 0 Å². The van der Waals surface area contributed by atoms with Crippen molar-refractivity contribution in [2.45, 2.75) is 57.9 Å².